The summed E-state index contributed by atoms with van der Waals surface area (Å²) in [6.07, 6.45) is 5.92. The highest BCUT2D eigenvalue weighted by Gasteiger charge is 2.31. The van der Waals surface area contributed by atoms with Gasteiger partial charge in [0.1, 0.15) is 11.6 Å². The highest BCUT2D eigenvalue weighted by atomic mass is 32.2. The van der Waals surface area contributed by atoms with E-state index in [0.717, 1.165) is 29.5 Å². The first-order chi connectivity index (χ1) is 17.8. The van der Waals surface area contributed by atoms with Gasteiger partial charge in [0, 0.05) is 24.4 Å². The minimum atomic E-state index is -4.37. The monoisotopic (exact) mass is 518 g/mol. The average molecular weight is 519 g/mol. The Labute approximate surface area is 216 Å². The van der Waals surface area contributed by atoms with Gasteiger partial charge in [-0.15, -0.1) is 0 Å². The van der Waals surface area contributed by atoms with Crippen LogP contribution in [-0.4, -0.2) is 33.0 Å². The standard InChI is InChI=1S/C28H30N4O4S/c1-4-6-12-25-31-27(33)26(28(34)32(25)24(5-2)21-10-8-7-9-11-21)37(35,36)23-15-13-20(14-16-23)22-17-29-19(3)30-18-22/h7-11,13-18,24,34H,4-6,12H2,1-3H3/t24-/m0/s1. The molecule has 0 aliphatic heterocycles. The minimum Gasteiger partial charge on any atom is -0.493 e. The van der Waals surface area contributed by atoms with E-state index in [2.05, 4.69) is 15.0 Å². The molecular weight excluding hydrogens is 488 g/mol. The first-order valence-electron chi connectivity index (χ1n) is 12.3. The number of aromatic hydroxyl groups is 1. The number of rotatable bonds is 9. The number of aromatic nitrogens is 4. The van der Waals surface area contributed by atoms with E-state index >= 15 is 0 Å². The van der Waals surface area contributed by atoms with Crippen LogP contribution >= 0.6 is 0 Å². The van der Waals surface area contributed by atoms with Gasteiger partial charge in [0.25, 0.3) is 5.56 Å². The van der Waals surface area contributed by atoms with Crippen molar-refractivity contribution in [3.63, 3.8) is 0 Å². The van der Waals surface area contributed by atoms with Crippen LogP contribution in [0.4, 0.5) is 0 Å². The van der Waals surface area contributed by atoms with Crippen LogP contribution in [0, 0.1) is 6.92 Å². The van der Waals surface area contributed by atoms with Crippen molar-refractivity contribution in [1.82, 2.24) is 19.5 Å². The second kappa shape index (κ2) is 11.0. The maximum Gasteiger partial charge on any atom is 0.296 e. The van der Waals surface area contributed by atoms with Gasteiger partial charge in [0.15, 0.2) is 4.90 Å². The number of unbranched alkanes of at least 4 members (excludes halogenated alkanes) is 1. The van der Waals surface area contributed by atoms with E-state index in [1.807, 2.05) is 44.2 Å². The summed E-state index contributed by atoms with van der Waals surface area (Å²) in [5.41, 5.74) is 1.38. The van der Waals surface area contributed by atoms with Crippen molar-refractivity contribution in [1.29, 1.82) is 0 Å². The van der Waals surface area contributed by atoms with E-state index in [1.165, 1.54) is 16.7 Å². The number of benzene rings is 2. The molecule has 0 bridgehead atoms. The van der Waals surface area contributed by atoms with Gasteiger partial charge in [-0.3, -0.25) is 9.36 Å². The summed E-state index contributed by atoms with van der Waals surface area (Å²) < 4.78 is 28.8. The highest BCUT2D eigenvalue weighted by molar-refractivity contribution is 7.91. The van der Waals surface area contributed by atoms with Crippen LogP contribution in [0.1, 0.15) is 56.4 Å². The third-order valence-corrected chi connectivity index (χ3v) is 8.11. The van der Waals surface area contributed by atoms with Gasteiger partial charge in [-0.25, -0.2) is 18.4 Å². The predicted octanol–water partition coefficient (Wildman–Crippen LogP) is 4.89. The van der Waals surface area contributed by atoms with Crippen LogP contribution in [0.2, 0.25) is 0 Å². The highest BCUT2D eigenvalue weighted by Crippen LogP contribution is 2.33. The lowest BCUT2D eigenvalue weighted by atomic mass is 10.0. The third kappa shape index (κ3) is 5.32. The largest absolute Gasteiger partial charge is 0.493 e. The van der Waals surface area contributed by atoms with E-state index in [-0.39, 0.29) is 10.9 Å². The average Bonchev–Trinajstić information content (AvgIpc) is 2.90. The fraction of sp³-hybridized carbons (Fsp3) is 0.286. The van der Waals surface area contributed by atoms with Crippen LogP contribution < -0.4 is 5.56 Å². The zero-order valence-corrected chi connectivity index (χ0v) is 21.9. The molecule has 0 aliphatic carbocycles. The fourth-order valence-corrected chi connectivity index (χ4v) is 5.70. The molecule has 2 aromatic heterocycles. The molecule has 0 spiro atoms. The normalized spacial score (nSPS) is 12.4. The molecular formula is C28H30N4O4S. The molecule has 0 aliphatic rings. The Bertz CT molecular complexity index is 1530. The van der Waals surface area contributed by atoms with Gasteiger partial charge in [0.05, 0.1) is 10.9 Å². The number of hydrogen-bond acceptors (Lipinski definition) is 7. The van der Waals surface area contributed by atoms with E-state index in [4.69, 9.17) is 0 Å². The molecule has 9 heteroatoms. The molecule has 2 heterocycles. The zero-order chi connectivity index (χ0) is 26.6. The predicted molar refractivity (Wildman–Crippen MR) is 141 cm³/mol. The maximum absolute atomic E-state index is 13.7. The summed E-state index contributed by atoms with van der Waals surface area (Å²) >= 11 is 0. The molecule has 192 valence electrons. The topological polar surface area (TPSA) is 115 Å². The lowest BCUT2D eigenvalue weighted by molar-refractivity contribution is 0.358. The van der Waals surface area contributed by atoms with E-state index in [0.29, 0.717) is 24.5 Å². The summed E-state index contributed by atoms with van der Waals surface area (Å²) in [6.45, 7) is 5.74. The number of aryl methyl sites for hydroxylation is 2. The van der Waals surface area contributed by atoms with Gasteiger partial charge < -0.3 is 5.11 Å². The van der Waals surface area contributed by atoms with Crippen molar-refractivity contribution >= 4 is 9.84 Å². The first-order valence-corrected chi connectivity index (χ1v) is 13.8. The molecule has 0 unspecified atom stereocenters. The van der Waals surface area contributed by atoms with Gasteiger partial charge in [-0.2, -0.15) is 4.98 Å². The lowest BCUT2D eigenvalue weighted by Crippen LogP contribution is -2.27. The second-order valence-electron chi connectivity index (χ2n) is 8.84. The molecule has 4 rings (SSSR count). The molecule has 0 fully saturated rings. The molecule has 8 nitrogen and oxygen atoms in total. The van der Waals surface area contributed by atoms with Gasteiger partial charge in [-0.1, -0.05) is 62.7 Å². The number of hydrogen-bond donors (Lipinski definition) is 1. The molecule has 0 saturated carbocycles. The van der Waals surface area contributed by atoms with Gasteiger partial charge >= 0.3 is 0 Å². The Kier molecular flexibility index (Phi) is 7.83. The molecule has 2 aromatic carbocycles. The third-order valence-electron chi connectivity index (χ3n) is 6.32. The first kappa shape index (κ1) is 26.2. The quantitative estimate of drug-likeness (QED) is 0.335. The Morgan fingerprint density at radius 1 is 0.946 bits per heavy atom. The van der Waals surface area contributed by atoms with E-state index < -0.39 is 26.2 Å². The molecule has 0 radical (unpaired) electrons. The van der Waals surface area contributed by atoms with E-state index in [9.17, 15) is 18.3 Å². The molecule has 1 atom stereocenters. The summed E-state index contributed by atoms with van der Waals surface area (Å²) in [5, 5.41) is 11.4. The summed E-state index contributed by atoms with van der Waals surface area (Å²) in [5.74, 6) is 0.414. The lowest BCUT2D eigenvalue weighted by Gasteiger charge is -2.25. The summed E-state index contributed by atoms with van der Waals surface area (Å²) in [7, 11) is -4.37. The van der Waals surface area contributed by atoms with Crippen LogP contribution in [0.25, 0.3) is 11.1 Å². The Hall–Kier alpha value is -3.85. The zero-order valence-electron chi connectivity index (χ0n) is 21.1. The number of sulfone groups is 1. The van der Waals surface area contributed by atoms with Gasteiger partial charge in [0.2, 0.25) is 15.7 Å². The van der Waals surface area contributed by atoms with Crippen LogP contribution in [0.15, 0.2) is 81.6 Å². The molecule has 1 N–H and O–H groups in total. The van der Waals surface area contributed by atoms with E-state index in [1.54, 1.807) is 31.5 Å². The van der Waals surface area contributed by atoms with Crippen molar-refractivity contribution in [3.8, 4) is 17.0 Å². The molecule has 0 saturated heterocycles. The summed E-state index contributed by atoms with van der Waals surface area (Å²) in [6, 6.07) is 15.2. The van der Waals surface area contributed by atoms with Crippen LogP contribution in [-0.2, 0) is 16.3 Å². The van der Waals surface area contributed by atoms with Crippen molar-refractivity contribution in [3.05, 3.63) is 94.6 Å². The minimum absolute atomic E-state index is 0.112. The molecule has 4 aromatic rings. The Balaban J connectivity index is 1.84. The SMILES string of the molecule is CCCCc1nc(=O)c(S(=O)(=O)c2ccc(-c3cnc(C)nc3)cc2)c(O)n1[C@@H](CC)c1ccccc1. The fourth-order valence-electron chi connectivity index (χ4n) is 4.35. The Morgan fingerprint density at radius 2 is 1.59 bits per heavy atom. The summed E-state index contributed by atoms with van der Waals surface area (Å²) in [4.78, 5) is 24.8. The molecule has 37 heavy (non-hydrogen) atoms. The number of nitrogens with zero attached hydrogens (tertiary/aromatic N) is 4. The van der Waals surface area contributed by atoms with Gasteiger partial charge in [-0.05, 0) is 43.0 Å². The smallest absolute Gasteiger partial charge is 0.296 e. The Morgan fingerprint density at radius 3 is 2.19 bits per heavy atom. The van der Waals surface area contributed by atoms with Crippen molar-refractivity contribution < 1.29 is 13.5 Å². The molecule has 0 amide bonds. The maximum atomic E-state index is 13.7. The second-order valence-corrected chi connectivity index (χ2v) is 10.7. The van der Waals surface area contributed by atoms with Crippen molar-refractivity contribution in [2.75, 3.05) is 0 Å². The van der Waals surface area contributed by atoms with Crippen LogP contribution in [0.3, 0.4) is 0 Å². The van der Waals surface area contributed by atoms with Crippen molar-refractivity contribution in [2.45, 2.75) is 62.3 Å². The van der Waals surface area contributed by atoms with Crippen molar-refractivity contribution in [2.24, 2.45) is 0 Å². The van der Waals surface area contributed by atoms with Crippen LogP contribution in [0.5, 0.6) is 5.88 Å².